The second-order valence-corrected chi connectivity index (χ2v) is 6.59. The van der Waals surface area contributed by atoms with Crippen LogP contribution in [0.2, 0.25) is 5.02 Å². The van der Waals surface area contributed by atoms with Crippen LogP contribution in [-0.4, -0.2) is 36.4 Å². The zero-order valence-electron chi connectivity index (χ0n) is 15.2. The van der Waals surface area contributed by atoms with Crippen molar-refractivity contribution < 1.29 is 9.21 Å². The van der Waals surface area contributed by atoms with E-state index in [-0.39, 0.29) is 12.5 Å². The summed E-state index contributed by atoms with van der Waals surface area (Å²) in [5, 5.41) is 0.672. The topological polar surface area (TPSA) is 75.6 Å². The van der Waals surface area contributed by atoms with E-state index in [9.17, 15) is 4.79 Å². The van der Waals surface area contributed by atoms with Gasteiger partial charge in [-0.3, -0.25) is 9.69 Å². The summed E-state index contributed by atoms with van der Waals surface area (Å²) in [6.45, 7) is 0.423. The number of nitrogens with zero attached hydrogens (tertiary/aromatic N) is 3. The van der Waals surface area contributed by atoms with Crippen LogP contribution >= 0.6 is 11.6 Å². The molecule has 0 aliphatic carbocycles. The summed E-state index contributed by atoms with van der Waals surface area (Å²) in [5.41, 5.74) is 8.20. The number of aromatic nitrogens is 1. The van der Waals surface area contributed by atoms with Crippen molar-refractivity contribution in [3.63, 3.8) is 0 Å². The Hall–Kier alpha value is -2.83. The number of carbonyl (C=O) groups is 1. The molecular weight excluding hydrogens is 364 g/mol. The molecule has 0 radical (unpaired) electrons. The summed E-state index contributed by atoms with van der Waals surface area (Å²) in [7, 11) is 3.60. The minimum atomic E-state index is -0.120. The molecule has 7 heteroatoms. The molecule has 0 bridgehead atoms. The first-order valence-corrected chi connectivity index (χ1v) is 8.85. The SMILES string of the molecule is CN(Cc1ccccc1-c1cnc(N(C)c2ccc(Cl)cc2)o1)C(=O)CN. The van der Waals surface area contributed by atoms with Gasteiger partial charge in [-0.1, -0.05) is 35.9 Å². The first kappa shape index (κ1) is 18.9. The minimum Gasteiger partial charge on any atom is -0.423 e. The third-order valence-corrected chi connectivity index (χ3v) is 4.54. The number of anilines is 2. The van der Waals surface area contributed by atoms with Crippen LogP contribution < -0.4 is 10.6 Å². The lowest BCUT2D eigenvalue weighted by atomic mass is 10.1. The molecule has 140 valence electrons. The van der Waals surface area contributed by atoms with Crippen LogP contribution in [0, 0.1) is 0 Å². The molecule has 0 saturated heterocycles. The van der Waals surface area contributed by atoms with E-state index in [0.717, 1.165) is 16.8 Å². The molecule has 2 aromatic carbocycles. The fourth-order valence-electron chi connectivity index (χ4n) is 2.72. The van der Waals surface area contributed by atoms with Crippen LogP contribution in [0.25, 0.3) is 11.3 Å². The van der Waals surface area contributed by atoms with Crippen molar-refractivity contribution >= 4 is 29.2 Å². The maximum absolute atomic E-state index is 11.8. The highest BCUT2D eigenvalue weighted by molar-refractivity contribution is 6.30. The predicted octanol–water partition coefficient (Wildman–Crippen LogP) is 3.68. The maximum atomic E-state index is 11.8. The molecule has 0 spiro atoms. The second kappa shape index (κ2) is 8.24. The van der Waals surface area contributed by atoms with Gasteiger partial charge < -0.3 is 15.1 Å². The van der Waals surface area contributed by atoms with Crippen molar-refractivity contribution in [3.05, 3.63) is 65.3 Å². The Labute approximate surface area is 163 Å². The Kier molecular flexibility index (Phi) is 5.78. The van der Waals surface area contributed by atoms with Gasteiger partial charge in [0.15, 0.2) is 5.76 Å². The Bertz CT molecular complexity index is 924. The summed E-state index contributed by atoms with van der Waals surface area (Å²) in [6, 6.07) is 15.7. The quantitative estimate of drug-likeness (QED) is 0.701. The van der Waals surface area contributed by atoms with Gasteiger partial charge in [0, 0.05) is 36.9 Å². The monoisotopic (exact) mass is 384 g/mol. The number of amides is 1. The summed E-state index contributed by atoms with van der Waals surface area (Å²) in [5.74, 6) is 0.514. The van der Waals surface area contributed by atoms with Gasteiger partial charge in [-0.15, -0.1) is 0 Å². The van der Waals surface area contributed by atoms with Crippen LogP contribution in [0.15, 0.2) is 59.1 Å². The Balaban J connectivity index is 1.86. The van der Waals surface area contributed by atoms with Crippen LogP contribution in [-0.2, 0) is 11.3 Å². The van der Waals surface area contributed by atoms with Gasteiger partial charge in [-0.05, 0) is 29.8 Å². The lowest BCUT2D eigenvalue weighted by Crippen LogP contribution is -2.32. The number of hydrogen-bond donors (Lipinski definition) is 1. The van der Waals surface area contributed by atoms with Crippen molar-refractivity contribution in [1.82, 2.24) is 9.88 Å². The zero-order chi connectivity index (χ0) is 19.4. The van der Waals surface area contributed by atoms with Gasteiger partial charge in [-0.25, -0.2) is 4.98 Å². The lowest BCUT2D eigenvalue weighted by Gasteiger charge is -2.18. The molecule has 6 nitrogen and oxygen atoms in total. The van der Waals surface area contributed by atoms with Crippen molar-refractivity contribution in [2.45, 2.75) is 6.54 Å². The highest BCUT2D eigenvalue weighted by Crippen LogP contribution is 2.30. The zero-order valence-corrected chi connectivity index (χ0v) is 16.0. The van der Waals surface area contributed by atoms with E-state index in [1.54, 1.807) is 18.1 Å². The van der Waals surface area contributed by atoms with E-state index in [4.69, 9.17) is 21.8 Å². The predicted molar refractivity (Wildman–Crippen MR) is 107 cm³/mol. The molecule has 3 rings (SSSR count). The fourth-order valence-corrected chi connectivity index (χ4v) is 2.84. The van der Waals surface area contributed by atoms with Crippen molar-refractivity contribution in [2.75, 3.05) is 25.5 Å². The van der Waals surface area contributed by atoms with E-state index < -0.39 is 0 Å². The number of benzene rings is 2. The highest BCUT2D eigenvalue weighted by Gasteiger charge is 2.16. The van der Waals surface area contributed by atoms with E-state index >= 15 is 0 Å². The number of halogens is 1. The molecule has 0 aliphatic heterocycles. The van der Waals surface area contributed by atoms with Crippen LogP contribution in [0.3, 0.4) is 0 Å². The molecule has 3 aromatic rings. The third kappa shape index (κ3) is 4.30. The molecular formula is C20H21ClN4O2. The normalized spacial score (nSPS) is 10.7. The molecule has 0 saturated carbocycles. The molecule has 1 aromatic heterocycles. The Morgan fingerprint density at radius 2 is 1.85 bits per heavy atom. The van der Waals surface area contributed by atoms with Crippen LogP contribution in [0.4, 0.5) is 11.7 Å². The number of nitrogens with two attached hydrogens (primary N) is 1. The summed E-state index contributed by atoms with van der Waals surface area (Å²) < 4.78 is 5.98. The van der Waals surface area contributed by atoms with E-state index in [1.807, 2.05) is 60.5 Å². The van der Waals surface area contributed by atoms with Gasteiger partial charge in [0.2, 0.25) is 5.91 Å². The largest absolute Gasteiger partial charge is 0.423 e. The number of carbonyl (C=O) groups excluding carboxylic acids is 1. The number of oxazole rings is 1. The van der Waals surface area contributed by atoms with Crippen molar-refractivity contribution in [3.8, 4) is 11.3 Å². The summed E-state index contributed by atoms with van der Waals surface area (Å²) in [4.78, 5) is 19.6. The first-order valence-electron chi connectivity index (χ1n) is 8.47. The summed E-state index contributed by atoms with van der Waals surface area (Å²) >= 11 is 5.94. The number of likely N-dealkylation sites (N-methyl/N-ethyl adjacent to an activating group) is 1. The number of rotatable bonds is 6. The lowest BCUT2D eigenvalue weighted by molar-refractivity contribution is -0.128. The smallest absolute Gasteiger partial charge is 0.302 e. The van der Waals surface area contributed by atoms with Crippen LogP contribution in [0.5, 0.6) is 0 Å². The molecule has 1 heterocycles. The van der Waals surface area contributed by atoms with E-state index in [2.05, 4.69) is 4.98 Å². The average molecular weight is 385 g/mol. The van der Waals surface area contributed by atoms with Crippen LogP contribution in [0.1, 0.15) is 5.56 Å². The standard InChI is InChI=1S/C20H21ClN4O2/c1-24(19(26)11-22)13-14-5-3-4-6-17(14)18-12-23-20(27-18)25(2)16-9-7-15(21)8-10-16/h3-10,12H,11,13,22H2,1-2H3. The average Bonchev–Trinajstić information content (AvgIpc) is 3.17. The molecule has 0 aliphatic rings. The maximum Gasteiger partial charge on any atom is 0.302 e. The third-order valence-electron chi connectivity index (χ3n) is 4.29. The van der Waals surface area contributed by atoms with E-state index in [1.165, 1.54) is 0 Å². The second-order valence-electron chi connectivity index (χ2n) is 6.15. The molecule has 2 N–H and O–H groups in total. The first-order chi connectivity index (χ1) is 13.0. The van der Waals surface area contributed by atoms with Gasteiger partial charge in [0.05, 0.1) is 12.7 Å². The van der Waals surface area contributed by atoms with E-state index in [0.29, 0.717) is 23.3 Å². The molecule has 0 unspecified atom stereocenters. The van der Waals surface area contributed by atoms with Crippen molar-refractivity contribution in [1.29, 1.82) is 0 Å². The van der Waals surface area contributed by atoms with Gasteiger partial charge in [0.25, 0.3) is 0 Å². The molecule has 0 atom stereocenters. The Morgan fingerprint density at radius 3 is 2.56 bits per heavy atom. The molecule has 27 heavy (non-hydrogen) atoms. The molecule has 0 fully saturated rings. The Morgan fingerprint density at radius 1 is 1.15 bits per heavy atom. The highest BCUT2D eigenvalue weighted by atomic mass is 35.5. The van der Waals surface area contributed by atoms with Crippen molar-refractivity contribution in [2.24, 2.45) is 5.73 Å². The van der Waals surface area contributed by atoms with Gasteiger partial charge >= 0.3 is 6.01 Å². The van der Waals surface area contributed by atoms with Gasteiger partial charge in [-0.2, -0.15) is 0 Å². The number of hydrogen-bond acceptors (Lipinski definition) is 5. The minimum absolute atomic E-state index is 0.0169. The summed E-state index contributed by atoms with van der Waals surface area (Å²) in [6.07, 6.45) is 1.69. The molecule has 1 amide bonds. The van der Waals surface area contributed by atoms with Gasteiger partial charge in [0.1, 0.15) is 0 Å². The fraction of sp³-hybridized carbons (Fsp3) is 0.200.